The number of pyridine rings is 1. The van der Waals surface area contributed by atoms with Crippen molar-refractivity contribution < 1.29 is 10.2 Å². The molecule has 1 aliphatic heterocycles. The molecule has 1 saturated heterocycles. The van der Waals surface area contributed by atoms with Crippen molar-refractivity contribution in [3.8, 4) is 5.75 Å². The second-order valence-electron chi connectivity index (χ2n) is 5.44. The third-order valence-electron chi connectivity index (χ3n) is 3.91. The molecule has 1 aromatic heterocycles. The van der Waals surface area contributed by atoms with Crippen molar-refractivity contribution in [1.82, 2.24) is 9.47 Å². The van der Waals surface area contributed by atoms with Crippen LogP contribution in [-0.2, 0) is 19.7 Å². The van der Waals surface area contributed by atoms with Gasteiger partial charge in [0.2, 0.25) is 5.43 Å². The molecule has 0 atom stereocenters. The molecular formula is C15H24N2O3. The predicted molar refractivity (Wildman–Crippen MR) is 77.7 cm³/mol. The molecule has 1 aliphatic rings. The number of likely N-dealkylation sites (tertiary alicyclic amines) is 1. The summed E-state index contributed by atoms with van der Waals surface area (Å²) >= 11 is 0. The lowest BCUT2D eigenvalue weighted by Crippen LogP contribution is -2.32. The standard InChI is InChI=1S/C15H24N2O3/c1-2-6-17-12(11-18)9-14(19)15(20)13(17)10-16-7-4-3-5-8-16/h9,18,20H,2-8,10-11H2,1H3. The Bertz CT molecular complexity index is 505. The number of aliphatic hydroxyl groups excluding tert-OH is 1. The van der Waals surface area contributed by atoms with Gasteiger partial charge < -0.3 is 14.8 Å². The van der Waals surface area contributed by atoms with Gasteiger partial charge in [-0.2, -0.15) is 0 Å². The number of hydrogen-bond acceptors (Lipinski definition) is 4. The van der Waals surface area contributed by atoms with Gasteiger partial charge in [0, 0.05) is 24.8 Å². The number of aliphatic hydroxyl groups is 1. The van der Waals surface area contributed by atoms with Crippen LogP contribution in [0.5, 0.6) is 5.75 Å². The third kappa shape index (κ3) is 3.22. The highest BCUT2D eigenvalue weighted by molar-refractivity contribution is 5.30. The first-order valence-electron chi connectivity index (χ1n) is 7.45. The molecule has 2 heterocycles. The van der Waals surface area contributed by atoms with Crippen LogP contribution in [0.2, 0.25) is 0 Å². The van der Waals surface area contributed by atoms with Gasteiger partial charge in [-0.3, -0.25) is 9.69 Å². The van der Waals surface area contributed by atoms with E-state index in [0.29, 0.717) is 24.5 Å². The van der Waals surface area contributed by atoms with Crippen LogP contribution in [0.15, 0.2) is 10.9 Å². The number of nitrogens with zero attached hydrogens (tertiary/aromatic N) is 2. The largest absolute Gasteiger partial charge is 0.503 e. The first-order chi connectivity index (χ1) is 9.67. The molecule has 112 valence electrons. The normalized spacial score (nSPS) is 16.5. The molecule has 0 amide bonds. The van der Waals surface area contributed by atoms with Crippen molar-refractivity contribution in [2.24, 2.45) is 0 Å². The molecule has 2 N–H and O–H groups in total. The van der Waals surface area contributed by atoms with E-state index in [1.807, 2.05) is 11.5 Å². The second kappa shape index (κ2) is 6.90. The zero-order valence-corrected chi connectivity index (χ0v) is 12.1. The minimum atomic E-state index is -0.395. The summed E-state index contributed by atoms with van der Waals surface area (Å²) in [4.78, 5) is 14.1. The Morgan fingerprint density at radius 1 is 1.25 bits per heavy atom. The summed E-state index contributed by atoms with van der Waals surface area (Å²) in [6.45, 7) is 5.15. The zero-order valence-electron chi connectivity index (χ0n) is 12.1. The highest BCUT2D eigenvalue weighted by atomic mass is 16.3. The summed E-state index contributed by atoms with van der Waals surface area (Å²) < 4.78 is 1.89. The van der Waals surface area contributed by atoms with Crippen LogP contribution in [-0.4, -0.2) is 32.8 Å². The maximum atomic E-state index is 11.8. The fourth-order valence-electron chi connectivity index (χ4n) is 2.86. The number of hydrogen-bond donors (Lipinski definition) is 2. The average molecular weight is 280 g/mol. The predicted octanol–water partition coefficient (Wildman–Crippen LogP) is 1.44. The highest BCUT2D eigenvalue weighted by Crippen LogP contribution is 2.20. The topological polar surface area (TPSA) is 65.7 Å². The Kier molecular flexibility index (Phi) is 5.20. The highest BCUT2D eigenvalue weighted by Gasteiger charge is 2.18. The van der Waals surface area contributed by atoms with Gasteiger partial charge in [0.05, 0.1) is 12.3 Å². The van der Waals surface area contributed by atoms with Gasteiger partial charge in [0.1, 0.15) is 0 Å². The van der Waals surface area contributed by atoms with Crippen LogP contribution < -0.4 is 5.43 Å². The number of aromatic hydroxyl groups is 1. The summed E-state index contributed by atoms with van der Waals surface area (Å²) in [5.74, 6) is -0.166. The Labute approximate surface area is 119 Å². The molecule has 1 aromatic rings. The number of rotatable bonds is 5. The van der Waals surface area contributed by atoms with Crippen molar-refractivity contribution in [2.75, 3.05) is 13.1 Å². The zero-order chi connectivity index (χ0) is 14.5. The first kappa shape index (κ1) is 15.1. The average Bonchev–Trinajstić information content (AvgIpc) is 2.47. The summed E-state index contributed by atoms with van der Waals surface area (Å²) in [7, 11) is 0. The SMILES string of the molecule is CCCn1c(CO)cc(=O)c(O)c1CN1CCCCC1. The molecule has 5 heteroatoms. The molecule has 0 bridgehead atoms. The van der Waals surface area contributed by atoms with E-state index < -0.39 is 5.43 Å². The van der Waals surface area contributed by atoms with Crippen molar-refractivity contribution in [3.63, 3.8) is 0 Å². The smallest absolute Gasteiger partial charge is 0.223 e. The van der Waals surface area contributed by atoms with E-state index in [-0.39, 0.29) is 12.4 Å². The lowest BCUT2D eigenvalue weighted by molar-refractivity contribution is 0.209. The molecule has 0 saturated carbocycles. The van der Waals surface area contributed by atoms with E-state index in [0.717, 1.165) is 19.5 Å². The Morgan fingerprint density at radius 2 is 1.95 bits per heavy atom. The van der Waals surface area contributed by atoms with E-state index >= 15 is 0 Å². The summed E-state index contributed by atoms with van der Waals surface area (Å²) in [5.41, 5.74) is 0.834. The van der Waals surface area contributed by atoms with E-state index in [1.165, 1.54) is 25.3 Å². The molecule has 0 unspecified atom stereocenters. The number of aromatic nitrogens is 1. The third-order valence-corrected chi connectivity index (χ3v) is 3.91. The molecule has 0 aromatic carbocycles. The fraction of sp³-hybridized carbons (Fsp3) is 0.667. The van der Waals surface area contributed by atoms with Crippen LogP contribution >= 0.6 is 0 Å². The molecule has 5 nitrogen and oxygen atoms in total. The lowest BCUT2D eigenvalue weighted by Gasteiger charge is -2.28. The molecule has 0 spiro atoms. The Hall–Kier alpha value is -1.33. The molecule has 0 radical (unpaired) electrons. The number of piperidine rings is 1. The quantitative estimate of drug-likeness (QED) is 0.856. The van der Waals surface area contributed by atoms with Crippen LogP contribution in [0, 0.1) is 0 Å². The molecule has 1 fully saturated rings. The van der Waals surface area contributed by atoms with Crippen LogP contribution in [0.1, 0.15) is 44.0 Å². The van der Waals surface area contributed by atoms with Crippen molar-refractivity contribution in [1.29, 1.82) is 0 Å². The Morgan fingerprint density at radius 3 is 2.55 bits per heavy atom. The van der Waals surface area contributed by atoms with Crippen LogP contribution in [0.4, 0.5) is 0 Å². The Balaban J connectivity index is 2.36. The summed E-state index contributed by atoms with van der Waals surface area (Å²) in [6.07, 6.45) is 4.47. The van der Waals surface area contributed by atoms with Crippen LogP contribution in [0.3, 0.4) is 0 Å². The molecule has 20 heavy (non-hydrogen) atoms. The van der Waals surface area contributed by atoms with E-state index in [9.17, 15) is 15.0 Å². The molecular weight excluding hydrogens is 256 g/mol. The van der Waals surface area contributed by atoms with Crippen LogP contribution in [0.25, 0.3) is 0 Å². The first-order valence-corrected chi connectivity index (χ1v) is 7.45. The minimum absolute atomic E-state index is 0.166. The van der Waals surface area contributed by atoms with Gasteiger partial charge in [0.15, 0.2) is 5.75 Å². The van der Waals surface area contributed by atoms with Crippen molar-refractivity contribution in [3.05, 3.63) is 27.7 Å². The van der Waals surface area contributed by atoms with Gasteiger partial charge in [-0.05, 0) is 32.4 Å². The van der Waals surface area contributed by atoms with Crippen molar-refractivity contribution in [2.45, 2.75) is 52.3 Å². The molecule has 0 aliphatic carbocycles. The van der Waals surface area contributed by atoms with Gasteiger partial charge in [-0.15, -0.1) is 0 Å². The van der Waals surface area contributed by atoms with Gasteiger partial charge in [0.25, 0.3) is 0 Å². The van der Waals surface area contributed by atoms with Crippen molar-refractivity contribution >= 4 is 0 Å². The maximum Gasteiger partial charge on any atom is 0.223 e. The van der Waals surface area contributed by atoms with E-state index in [1.54, 1.807) is 0 Å². The lowest BCUT2D eigenvalue weighted by atomic mass is 10.1. The maximum absolute atomic E-state index is 11.8. The molecule has 2 rings (SSSR count). The minimum Gasteiger partial charge on any atom is -0.503 e. The monoisotopic (exact) mass is 280 g/mol. The van der Waals surface area contributed by atoms with Gasteiger partial charge >= 0.3 is 0 Å². The van der Waals surface area contributed by atoms with Gasteiger partial charge in [-0.1, -0.05) is 13.3 Å². The van der Waals surface area contributed by atoms with E-state index in [2.05, 4.69) is 4.90 Å². The summed E-state index contributed by atoms with van der Waals surface area (Å²) in [6, 6.07) is 1.34. The van der Waals surface area contributed by atoms with Gasteiger partial charge in [-0.25, -0.2) is 0 Å². The fourth-order valence-corrected chi connectivity index (χ4v) is 2.86. The second-order valence-corrected chi connectivity index (χ2v) is 5.44. The van der Waals surface area contributed by atoms with E-state index in [4.69, 9.17) is 0 Å². The summed E-state index contributed by atoms with van der Waals surface area (Å²) in [5, 5.41) is 19.5.